The zero-order valence-corrected chi connectivity index (χ0v) is 19.7. The minimum Gasteiger partial charge on any atom is -0.393 e. The fraction of sp³-hybridized carbons (Fsp3) is 0.500. The van der Waals surface area contributed by atoms with Crippen LogP contribution >= 0.6 is 14.3 Å². The summed E-state index contributed by atoms with van der Waals surface area (Å²) in [6.07, 6.45) is 1.13. The number of hydrogen-bond acceptors (Lipinski definition) is 3. The quantitative estimate of drug-likeness (QED) is 0.603. The molecule has 2 aromatic carbocycles. The highest BCUT2D eigenvalue weighted by molar-refractivity contribution is 7.78. The Morgan fingerprint density at radius 3 is 1.69 bits per heavy atom. The van der Waals surface area contributed by atoms with E-state index in [1.165, 1.54) is 0 Å². The molecule has 0 radical (unpaired) electrons. The van der Waals surface area contributed by atoms with Gasteiger partial charge in [0.05, 0.1) is 13.2 Å². The van der Waals surface area contributed by atoms with Gasteiger partial charge in [-0.25, -0.2) is 0 Å². The molecular formula is C24H34O3P2. The Bertz CT molecular complexity index is 837. The van der Waals surface area contributed by atoms with E-state index in [4.69, 9.17) is 0 Å². The molecule has 158 valence electrons. The molecule has 1 N–H and O–H groups in total. The molecule has 5 heteroatoms. The van der Waals surface area contributed by atoms with Crippen LogP contribution in [0.4, 0.5) is 0 Å². The molecule has 1 aliphatic rings. The third-order valence-corrected chi connectivity index (χ3v) is 14.7. The average molecular weight is 432 g/mol. The number of aliphatic hydroxyl groups excluding tert-OH is 1. The van der Waals surface area contributed by atoms with Crippen molar-refractivity contribution in [1.29, 1.82) is 0 Å². The second-order valence-electron chi connectivity index (χ2n) is 9.00. The van der Waals surface area contributed by atoms with Gasteiger partial charge >= 0.3 is 0 Å². The maximum Gasteiger partial charge on any atom is 0.143 e. The van der Waals surface area contributed by atoms with Crippen LogP contribution in [0.25, 0.3) is 0 Å². The van der Waals surface area contributed by atoms with Crippen LogP contribution in [0.1, 0.15) is 40.5 Å². The maximum absolute atomic E-state index is 14.4. The highest BCUT2D eigenvalue weighted by Gasteiger charge is 2.47. The highest BCUT2D eigenvalue weighted by atomic mass is 31.2. The summed E-state index contributed by atoms with van der Waals surface area (Å²) in [4.78, 5) is 0. The van der Waals surface area contributed by atoms with Gasteiger partial charge in [0.25, 0.3) is 0 Å². The number of benzene rings is 2. The van der Waals surface area contributed by atoms with E-state index in [0.29, 0.717) is 19.0 Å². The number of aliphatic hydroxyl groups is 1. The Morgan fingerprint density at radius 1 is 0.828 bits per heavy atom. The van der Waals surface area contributed by atoms with Crippen LogP contribution in [-0.4, -0.2) is 34.3 Å². The zero-order valence-electron chi connectivity index (χ0n) is 17.9. The van der Waals surface area contributed by atoms with Gasteiger partial charge in [-0.05, 0) is 18.8 Å². The van der Waals surface area contributed by atoms with E-state index in [0.717, 1.165) is 10.6 Å². The summed E-state index contributed by atoms with van der Waals surface area (Å²) in [6.45, 7) is 8.16. The monoisotopic (exact) mass is 432 g/mol. The molecule has 1 saturated carbocycles. The van der Waals surface area contributed by atoms with Crippen LogP contribution in [0.2, 0.25) is 0 Å². The van der Waals surface area contributed by atoms with Crippen LogP contribution in [0, 0.1) is 5.92 Å². The Labute approximate surface area is 175 Å². The van der Waals surface area contributed by atoms with Crippen LogP contribution in [0.15, 0.2) is 60.7 Å². The first-order chi connectivity index (χ1) is 13.7. The largest absolute Gasteiger partial charge is 0.393 e. The van der Waals surface area contributed by atoms with Crippen molar-refractivity contribution < 1.29 is 14.2 Å². The van der Waals surface area contributed by atoms with Gasteiger partial charge in [0.15, 0.2) is 0 Å². The summed E-state index contributed by atoms with van der Waals surface area (Å²) in [5.74, 6) is -0.0999. The topological polar surface area (TPSA) is 54.4 Å². The summed E-state index contributed by atoms with van der Waals surface area (Å²) >= 11 is 0. The third-order valence-electron chi connectivity index (χ3n) is 6.66. The SMILES string of the molecule is CC(C)P(=O)(C(C)C)[C@@H]1C[C@H](CP(=O)(c2ccccc2)c2ccccc2)[C@@H](O)C1. The fourth-order valence-electron chi connectivity index (χ4n) is 5.07. The lowest BCUT2D eigenvalue weighted by atomic mass is 10.1. The van der Waals surface area contributed by atoms with Crippen molar-refractivity contribution in [3.05, 3.63) is 60.7 Å². The van der Waals surface area contributed by atoms with E-state index >= 15 is 0 Å². The number of rotatable bonds is 7. The fourth-order valence-corrected chi connectivity index (χ4v) is 12.2. The molecule has 0 bridgehead atoms. The summed E-state index contributed by atoms with van der Waals surface area (Å²) in [6, 6.07) is 19.3. The minimum absolute atomic E-state index is 0.0162. The first-order valence-electron chi connectivity index (χ1n) is 10.7. The molecule has 0 heterocycles. The molecule has 0 spiro atoms. The van der Waals surface area contributed by atoms with Crippen LogP contribution < -0.4 is 10.6 Å². The van der Waals surface area contributed by atoms with Crippen molar-refractivity contribution in [2.24, 2.45) is 5.92 Å². The van der Waals surface area contributed by atoms with Gasteiger partial charge in [0, 0.05) is 33.7 Å². The zero-order chi connectivity index (χ0) is 21.2. The van der Waals surface area contributed by atoms with Gasteiger partial charge < -0.3 is 14.2 Å². The Morgan fingerprint density at radius 2 is 1.28 bits per heavy atom. The second-order valence-corrected chi connectivity index (χ2v) is 16.2. The van der Waals surface area contributed by atoms with E-state index < -0.39 is 20.4 Å². The molecule has 0 aromatic heterocycles. The molecule has 29 heavy (non-hydrogen) atoms. The molecular weight excluding hydrogens is 398 g/mol. The first-order valence-corrected chi connectivity index (χ1v) is 14.5. The van der Waals surface area contributed by atoms with Gasteiger partial charge in [-0.3, -0.25) is 0 Å². The molecule has 1 aliphatic carbocycles. The van der Waals surface area contributed by atoms with Crippen molar-refractivity contribution in [1.82, 2.24) is 0 Å². The molecule has 3 nitrogen and oxygen atoms in total. The van der Waals surface area contributed by atoms with Gasteiger partial charge in [-0.2, -0.15) is 0 Å². The second kappa shape index (κ2) is 8.93. The lowest BCUT2D eigenvalue weighted by Crippen LogP contribution is -2.26. The van der Waals surface area contributed by atoms with Crippen LogP contribution in [-0.2, 0) is 9.13 Å². The standard InChI is InChI=1S/C24H34O3P2/c1-18(2)29(27,19(3)4)23-15-20(24(25)16-23)17-28(26,21-11-7-5-8-12-21)22-13-9-6-10-14-22/h5-14,18-20,23-25H,15-17H2,1-4H3/t20-,23-,24+/m1/s1. The van der Waals surface area contributed by atoms with Gasteiger partial charge in [-0.1, -0.05) is 88.4 Å². The average Bonchev–Trinajstić information content (AvgIpc) is 3.08. The minimum atomic E-state index is -2.89. The third kappa shape index (κ3) is 4.34. The molecule has 0 unspecified atom stereocenters. The van der Waals surface area contributed by atoms with Crippen LogP contribution in [0.5, 0.6) is 0 Å². The Balaban J connectivity index is 1.94. The van der Waals surface area contributed by atoms with Crippen molar-refractivity contribution in [3.63, 3.8) is 0 Å². The first kappa shape index (κ1) is 22.5. The lowest BCUT2D eigenvalue weighted by molar-refractivity contribution is 0.142. The Hall–Kier alpha value is -1.14. The summed E-state index contributed by atoms with van der Waals surface area (Å²) in [7, 11) is -5.33. The molecule has 0 amide bonds. The van der Waals surface area contributed by atoms with Crippen molar-refractivity contribution in [3.8, 4) is 0 Å². The van der Waals surface area contributed by atoms with E-state index in [9.17, 15) is 14.2 Å². The summed E-state index contributed by atoms with van der Waals surface area (Å²) in [5.41, 5.74) is 0.226. The van der Waals surface area contributed by atoms with Crippen LogP contribution in [0.3, 0.4) is 0 Å². The highest BCUT2D eigenvalue weighted by Crippen LogP contribution is 2.64. The molecule has 0 saturated heterocycles. The predicted molar refractivity (Wildman–Crippen MR) is 125 cm³/mol. The van der Waals surface area contributed by atoms with Gasteiger partial charge in [0.1, 0.15) is 7.14 Å². The Kier molecular flexibility index (Phi) is 6.94. The van der Waals surface area contributed by atoms with Crippen molar-refractivity contribution in [2.45, 2.75) is 63.6 Å². The molecule has 1 fully saturated rings. The normalized spacial score (nSPS) is 23.1. The molecule has 3 atom stereocenters. The smallest absolute Gasteiger partial charge is 0.143 e. The van der Waals surface area contributed by atoms with E-state index in [1.54, 1.807) is 0 Å². The summed E-state index contributed by atoms with van der Waals surface area (Å²) in [5, 5.41) is 12.6. The van der Waals surface area contributed by atoms with E-state index in [-0.39, 0.29) is 22.9 Å². The number of hydrogen-bond donors (Lipinski definition) is 1. The predicted octanol–water partition coefficient (Wildman–Crippen LogP) is 5.32. The maximum atomic E-state index is 14.4. The molecule has 2 aromatic rings. The van der Waals surface area contributed by atoms with Gasteiger partial charge in [0.2, 0.25) is 0 Å². The molecule has 0 aliphatic heterocycles. The van der Waals surface area contributed by atoms with E-state index in [1.807, 2.05) is 88.4 Å². The lowest BCUT2D eigenvalue weighted by Gasteiger charge is -2.32. The van der Waals surface area contributed by atoms with Crippen molar-refractivity contribution in [2.75, 3.05) is 6.16 Å². The van der Waals surface area contributed by atoms with E-state index in [2.05, 4.69) is 0 Å². The van der Waals surface area contributed by atoms with Gasteiger partial charge in [-0.15, -0.1) is 0 Å². The summed E-state index contributed by atoms with van der Waals surface area (Å²) < 4.78 is 28.2. The van der Waals surface area contributed by atoms with Crippen molar-refractivity contribution >= 4 is 24.9 Å². The molecule has 3 rings (SSSR count).